The van der Waals surface area contributed by atoms with Crippen molar-refractivity contribution in [3.8, 4) is 11.5 Å². The molecule has 154 valence electrons. The monoisotopic (exact) mass is 403 g/mol. The van der Waals surface area contributed by atoms with E-state index < -0.39 is 5.97 Å². The maximum Gasteiger partial charge on any atom is 0.338 e. The van der Waals surface area contributed by atoms with Crippen LogP contribution in [0.1, 0.15) is 35.3 Å². The molecule has 1 N–H and O–H groups in total. The first kappa shape index (κ1) is 21.1. The largest absolute Gasteiger partial charge is 0.457 e. The molecule has 0 aliphatic carbocycles. The number of benzene rings is 3. The molecular formula is C25H25NO4. The number of esters is 1. The summed E-state index contributed by atoms with van der Waals surface area (Å²) in [5, 5.41) is 2.89. The smallest absolute Gasteiger partial charge is 0.338 e. The van der Waals surface area contributed by atoms with Crippen LogP contribution in [0.2, 0.25) is 0 Å². The minimum Gasteiger partial charge on any atom is -0.457 e. The van der Waals surface area contributed by atoms with Crippen LogP contribution in [-0.4, -0.2) is 18.5 Å². The minimum absolute atomic E-state index is 0.345. The summed E-state index contributed by atoms with van der Waals surface area (Å²) in [7, 11) is 0. The van der Waals surface area contributed by atoms with Gasteiger partial charge in [0.15, 0.2) is 6.61 Å². The summed E-state index contributed by atoms with van der Waals surface area (Å²) in [6, 6.07) is 21.9. The summed E-state index contributed by atoms with van der Waals surface area (Å²) >= 11 is 0. The second-order valence-corrected chi connectivity index (χ2v) is 6.72. The third kappa shape index (κ3) is 5.47. The Balaban J connectivity index is 1.56. The highest BCUT2D eigenvalue weighted by atomic mass is 16.5. The van der Waals surface area contributed by atoms with Crippen molar-refractivity contribution in [2.75, 3.05) is 11.9 Å². The molecule has 0 aliphatic heterocycles. The molecule has 0 bridgehead atoms. The van der Waals surface area contributed by atoms with Gasteiger partial charge in [0, 0.05) is 5.69 Å². The Kier molecular flexibility index (Phi) is 7.22. The van der Waals surface area contributed by atoms with Gasteiger partial charge in [0.1, 0.15) is 11.5 Å². The molecule has 1 amide bonds. The van der Waals surface area contributed by atoms with E-state index in [4.69, 9.17) is 9.47 Å². The molecule has 0 saturated carbocycles. The quantitative estimate of drug-likeness (QED) is 0.512. The normalized spacial score (nSPS) is 10.3. The molecule has 0 unspecified atom stereocenters. The molecule has 0 atom stereocenters. The van der Waals surface area contributed by atoms with E-state index in [1.54, 1.807) is 24.3 Å². The van der Waals surface area contributed by atoms with Crippen LogP contribution in [0.4, 0.5) is 5.69 Å². The highest BCUT2D eigenvalue weighted by Gasteiger charge is 2.13. The van der Waals surface area contributed by atoms with E-state index in [2.05, 4.69) is 5.32 Å². The standard InChI is InChI=1S/C25H25NO4/c1-3-18-9-8-10-19(4-2)24(18)26-23(27)17-29-25(28)20-13-15-22(16-14-20)30-21-11-6-5-7-12-21/h5-16H,3-4,17H2,1-2H3,(H,26,27). The number of hydrogen-bond acceptors (Lipinski definition) is 4. The average Bonchev–Trinajstić information content (AvgIpc) is 2.78. The highest BCUT2D eigenvalue weighted by molar-refractivity contribution is 5.96. The second kappa shape index (κ2) is 10.3. The van der Waals surface area contributed by atoms with E-state index in [-0.39, 0.29) is 12.5 Å². The minimum atomic E-state index is -0.559. The molecular weight excluding hydrogens is 378 g/mol. The third-order valence-corrected chi connectivity index (χ3v) is 4.67. The van der Waals surface area contributed by atoms with Gasteiger partial charge in [-0.2, -0.15) is 0 Å². The average molecular weight is 403 g/mol. The number of aryl methyl sites for hydroxylation is 2. The molecule has 0 spiro atoms. The Labute approximate surface area is 176 Å². The molecule has 30 heavy (non-hydrogen) atoms. The zero-order valence-electron chi connectivity index (χ0n) is 17.2. The molecule has 3 aromatic rings. The van der Waals surface area contributed by atoms with E-state index in [1.165, 1.54) is 0 Å². The van der Waals surface area contributed by atoms with Crippen LogP contribution in [0.15, 0.2) is 72.8 Å². The van der Waals surface area contributed by atoms with Crippen molar-refractivity contribution in [1.82, 2.24) is 0 Å². The van der Waals surface area contributed by atoms with Gasteiger partial charge in [-0.3, -0.25) is 4.79 Å². The molecule has 5 nitrogen and oxygen atoms in total. The van der Waals surface area contributed by atoms with Crippen molar-refractivity contribution in [1.29, 1.82) is 0 Å². The number of ether oxygens (including phenoxy) is 2. The van der Waals surface area contributed by atoms with Crippen molar-refractivity contribution in [2.45, 2.75) is 26.7 Å². The molecule has 5 heteroatoms. The number of para-hydroxylation sites is 2. The molecule has 0 aliphatic rings. The summed E-state index contributed by atoms with van der Waals surface area (Å²) < 4.78 is 10.9. The van der Waals surface area contributed by atoms with Crippen LogP contribution >= 0.6 is 0 Å². The predicted octanol–water partition coefficient (Wildman–Crippen LogP) is 5.40. The topological polar surface area (TPSA) is 64.6 Å². The number of hydrogen-bond donors (Lipinski definition) is 1. The molecule has 0 saturated heterocycles. The molecule has 0 fully saturated rings. The highest BCUT2D eigenvalue weighted by Crippen LogP contribution is 2.23. The first-order valence-corrected chi connectivity index (χ1v) is 10.0. The van der Waals surface area contributed by atoms with Crippen molar-refractivity contribution in [3.05, 3.63) is 89.5 Å². The number of amides is 1. The van der Waals surface area contributed by atoms with Gasteiger partial charge in [0.25, 0.3) is 5.91 Å². The van der Waals surface area contributed by atoms with Crippen molar-refractivity contribution >= 4 is 17.6 Å². The summed E-state index contributed by atoms with van der Waals surface area (Å²) in [6.45, 7) is 3.73. The number of anilines is 1. The van der Waals surface area contributed by atoms with Gasteiger partial charge in [0.05, 0.1) is 5.56 Å². The van der Waals surface area contributed by atoms with Gasteiger partial charge in [-0.1, -0.05) is 50.2 Å². The second-order valence-electron chi connectivity index (χ2n) is 6.72. The summed E-state index contributed by atoms with van der Waals surface area (Å²) in [4.78, 5) is 24.6. The van der Waals surface area contributed by atoms with Gasteiger partial charge in [-0.05, 0) is 60.4 Å². The van der Waals surface area contributed by atoms with Gasteiger partial charge in [-0.15, -0.1) is 0 Å². The Morgan fingerprint density at radius 3 is 1.97 bits per heavy atom. The lowest BCUT2D eigenvalue weighted by atomic mass is 10.0. The van der Waals surface area contributed by atoms with E-state index in [1.807, 2.05) is 62.4 Å². The van der Waals surface area contributed by atoms with Gasteiger partial charge in [0.2, 0.25) is 0 Å². The van der Waals surface area contributed by atoms with E-state index in [0.717, 1.165) is 29.7 Å². The van der Waals surface area contributed by atoms with E-state index in [9.17, 15) is 9.59 Å². The lowest BCUT2D eigenvalue weighted by molar-refractivity contribution is -0.119. The summed E-state index contributed by atoms with van der Waals surface area (Å²) in [6.07, 6.45) is 1.61. The Morgan fingerprint density at radius 2 is 1.37 bits per heavy atom. The van der Waals surface area contributed by atoms with Crippen molar-refractivity contribution in [2.24, 2.45) is 0 Å². The third-order valence-electron chi connectivity index (χ3n) is 4.67. The van der Waals surface area contributed by atoms with Crippen LogP contribution in [0.3, 0.4) is 0 Å². The SMILES string of the molecule is CCc1cccc(CC)c1NC(=O)COC(=O)c1ccc(Oc2ccccc2)cc1. The van der Waals surface area contributed by atoms with Crippen LogP contribution in [0.5, 0.6) is 11.5 Å². The lowest BCUT2D eigenvalue weighted by Gasteiger charge is -2.14. The predicted molar refractivity (Wildman–Crippen MR) is 117 cm³/mol. The number of carbonyl (C=O) groups excluding carboxylic acids is 2. The van der Waals surface area contributed by atoms with E-state index in [0.29, 0.717) is 17.1 Å². The Morgan fingerprint density at radius 1 is 0.767 bits per heavy atom. The summed E-state index contributed by atoms with van der Waals surface area (Å²) in [5.41, 5.74) is 3.28. The number of nitrogens with one attached hydrogen (secondary N) is 1. The molecule has 0 heterocycles. The van der Waals surface area contributed by atoms with Crippen LogP contribution in [-0.2, 0) is 22.4 Å². The Hall–Kier alpha value is -3.60. The number of carbonyl (C=O) groups is 2. The molecule has 0 radical (unpaired) electrons. The fourth-order valence-electron chi connectivity index (χ4n) is 3.08. The Bertz CT molecular complexity index is 975. The lowest BCUT2D eigenvalue weighted by Crippen LogP contribution is -2.22. The van der Waals surface area contributed by atoms with Crippen LogP contribution in [0.25, 0.3) is 0 Å². The maximum atomic E-state index is 12.3. The first-order valence-electron chi connectivity index (χ1n) is 10.0. The van der Waals surface area contributed by atoms with Gasteiger partial charge in [-0.25, -0.2) is 4.79 Å². The van der Waals surface area contributed by atoms with Crippen LogP contribution in [0, 0.1) is 0 Å². The fraction of sp³-hybridized carbons (Fsp3) is 0.200. The van der Waals surface area contributed by atoms with E-state index >= 15 is 0 Å². The number of rotatable bonds is 8. The maximum absolute atomic E-state index is 12.3. The van der Waals surface area contributed by atoms with Crippen LogP contribution < -0.4 is 10.1 Å². The molecule has 3 rings (SSSR count). The van der Waals surface area contributed by atoms with Crippen molar-refractivity contribution < 1.29 is 19.1 Å². The zero-order chi connectivity index (χ0) is 21.3. The molecule has 0 aromatic heterocycles. The van der Waals surface area contributed by atoms with Crippen molar-refractivity contribution in [3.63, 3.8) is 0 Å². The summed E-state index contributed by atoms with van der Waals surface area (Å²) in [5.74, 6) is 0.404. The van der Waals surface area contributed by atoms with Gasteiger partial charge < -0.3 is 14.8 Å². The first-order chi connectivity index (χ1) is 14.6. The fourth-order valence-corrected chi connectivity index (χ4v) is 3.08. The zero-order valence-corrected chi connectivity index (χ0v) is 17.2. The van der Waals surface area contributed by atoms with Gasteiger partial charge >= 0.3 is 5.97 Å². The molecule has 3 aromatic carbocycles.